The van der Waals surface area contributed by atoms with Crippen LogP contribution in [0, 0.1) is 11.8 Å². The number of aliphatic hydroxyl groups is 1. The summed E-state index contributed by atoms with van der Waals surface area (Å²) >= 11 is 0. The maximum atomic E-state index is 10.4. The molecular weight excluding hydrogens is 208 g/mol. The molecule has 1 saturated carbocycles. The summed E-state index contributed by atoms with van der Waals surface area (Å²) in [6.07, 6.45) is 15.0. The van der Waals surface area contributed by atoms with Crippen molar-refractivity contribution < 1.29 is 5.11 Å². The third-order valence-electron chi connectivity index (χ3n) is 4.80. The van der Waals surface area contributed by atoms with Gasteiger partial charge in [-0.3, -0.25) is 0 Å². The molecule has 0 spiro atoms. The zero-order chi connectivity index (χ0) is 12.1. The first-order valence-electron chi connectivity index (χ1n) is 7.65. The minimum atomic E-state index is -0.0614. The van der Waals surface area contributed by atoms with Crippen molar-refractivity contribution >= 4 is 0 Å². The summed E-state index contributed by atoms with van der Waals surface area (Å²) < 4.78 is 0. The second-order valence-electron chi connectivity index (χ2n) is 6.08. The van der Waals surface area contributed by atoms with Gasteiger partial charge in [-0.05, 0) is 56.8 Å². The summed E-state index contributed by atoms with van der Waals surface area (Å²) in [6.45, 7) is 2.29. The van der Waals surface area contributed by atoms with E-state index in [9.17, 15) is 5.11 Å². The number of allylic oxidation sites excluding steroid dienone is 1. The normalized spacial score (nSPS) is 32.0. The standard InChI is InChI=1S/C16H28O/c1-2-13-9-6-10-15(11-13)16(17)12-14-7-4-3-5-8-14/h7,13,15-17H,2-6,8-12H2,1H3. The molecule has 0 bridgehead atoms. The van der Waals surface area contributed by atoms with E-state index in [2.05, 4.69) is 13.0 Å². The lowest BCUT2D eigenvalue weighted by atomic mass is 9.76. The fourth-order valence-electron chi connectivity index (χ4n) is 3.58. The predicted molar refractivity (Wildman–Crippen MR) is 72.9 cm³/mol. The zero-order valence-corrected chi connectivity index (χ0v) is 11.3. The van der Waals surface area contributed by atoms with Gasteiger partial charge in [-0.2, -0.15) is 0 Å². The van der Waals surface area contributed by atoms with E-state index in [-0.39, 0.29) is 6.10 Å². The molecule has 17 heavy (non-hydrogen) atoms. The van der Waals surface area contributed by atoms with Crippen LogP contribution >= 0.6 is 0 Å². The van der Waals surface area contributed by atoms with E-state index >= 15 is 0 Å². The molecule has 1 nitrogen and oxygen atoms in total. The molecule has 2 aliphatic carbocycles. The van der Waals surface area contributed by atoms with Crippen molar-refractivity contribution in [3.05, 3.63) is 11.6 Å². The Hall–Kier alpha value is -0.300. The van der Waals surface area contributed by atoms with Gasteiger partial charge in [0, 0.05) is 0 Å². The molecule has 3 atom stereocenters. The van der Waals surface area contributed by atoms with Crippen LogP contribution in [0.25, 0.3) is 0 Å². The smallest absolute Gasteiger partial charge is 0.0605 e. The average Bonchev–Trinajstić information content (AvgIpc) is 2.40. The molecule has 0 amide bonds. The number of hydrogen-bond acceptors (Lipinski definition) is 1. The number of hydrogen-bond donors (Lipinski definition) is 1. The van der Waals surface area contributed by atoms with Gasteiger partial charge >= 0.3 is 0 Å². The van der Waals surface area contributed by atoms with E-state index in [1.54, 1.807) is 0 Å². The average molecular weight is 236 g/mol. The molecule has 1 heteroatoms. The summed E-state index contributed by atoms with van der Waals surface area (Å²) in [5.41, 5.74) is 1.53. The van der Waals surface area contributed by atoms with Crippen LogP contribution < -0.4 is 0 Å². The zero-order valence-electron chi connectivity index (χ0n) is 11.3. The van der Waals surface area contributed by atoms with Crippen LogP contribution in [0.2, 0.25) is 0 Å². The van der Waals surface area contributed by atoms with Crippen molar-refractivity contribution in [2.75, 3.05) is 0 Å². The largest absolute Gasteiger partial charge is 0.393 e. The number of rotatable bonds is 4. The van der Waals surface area contributed by atoms with Gasteiger partial charge < -0.3 is 5.11 Å². The molecule has 0 aromatic heterocycles. The molecule has 2 aliphatic rings. The molecular formula is C16H28O. The lowest BCUT2D eigenvalue weighted by molar-refractivity contribution is 0.0676. The summed E-state index contributed by atoms with van der Waals surface area (Å²) in [5, 5.41) is 10.4. The van der Waals surface area contributed by atoms with Crippen LogP contribution in [0.15, 0.2) is 11.6 Å². The molecule has 0 aromatic carbocycles. The maximum absolute atomic E-state index is 10.4. The molecule has 0 saturated heterocycles. The Bertz CT molecular complexity index is 256. The highest BCUT2D eigenvalue weighted by Gasteiger charge is 2.27. The minimum absolute atomic E-state index is 0.0614. The number of aliphatic hydroxyl groups excluding tert-OH is 1. The Morgan fingerprint density at radius 2 is 2.18 bits per heavy atom. The molecule has 98 valence electrons. The summed E-state index contributed by atoms with van der Waals surface area (Å²) in [6, 6.07) is 0. The van der Waals surface area contributed by atoms with Gasteiger partial charge in [0.25, 0.3) is 0 Å². The van der Waals surface area contributed by atoms with Gasteiger partial charge in [0.15, 0.2) is 0 Å². The van der Waals surface area contributed by atoms with E-state index in [1.165, 1.54) is 63.4 Å². The highest BCUT2D eigenvalue weighted by molar-refractivity contribution is 5.06. The van der Waals surface area contributed by atoms with Gasteiger partial charge in [-0.15, -0.1) is 0 Å². The quantitative estimate of drug-likeness (QED) is 0.715. The van der Waals surface area contributed by atoms with Crippen LogP contribution in [0.3, 0.4) is 0 Å². The molecule has 0 heterocycles. The van der Waals surface area contributed by atoms with Crippen molar-refractivity contribution in [3.63, 3.8) is 0 Å². The molecule has 0 radical (unpaired) electrons. The van der Waals surface area contributed by atoms with Crippen molar-refractivity contribution in [2.45, 2.75) is 77.2 Å². The molecule has 1 fully saturated rings. The topological polar surface area (TPSA) is 20.2 Å². The molecule has 0 aliphatic heterocycles. The van der Waals surface area contributed by atoms with Crippen LogP contribution in [0.4, 0.5) is 0 Å². The van der Waals surface area contributed by atoms with Gasteiger partial charge in [-0.1, -0.05) is 37.8 Å². The molecule has 3 unspecified atom stereocenters. The van der Waals surface area contributed by atoms with Crippen LogP contribution in [0.5, 0.6) is 0 Å². The maximum Gasteiger partial charge on any atom is 0.0605 e. The van der Waals surface area contributed by atoms with Gasteiger partial charge in [-0.25, -0.2) is 0 Å². The summed E-state index contributed by atoms with van der Waals surface area (Å²) in [5.74, 6) is 1.46. The van der Waals surface area contributed by atoms with Crippen molar-refractivity contribution in [1.29, 1.82) is 0 Å². The van der Waals surface area contributed by atoms with Gasteiger partial charge in [0.1, 0.15) is 0 Å². The van der Waals surface area contributed by atoms with Crippen LogP contribution in [-0.4, -0.2) is 11.2 Å². The Labute approximate surface area is 106 Å². The minimum Gasteiger partial charge on any atom is -0.393 e. The Kier molecular flexibility index (Phi) is 5.09. The Morgan fingerprint density at radius 3 is 2.88 bits per heavy atom. The van der Waals surface area contributed by atoms with E-state index < -0.39 is 0 Å². The second-order valence-corrected chi connectivity index (χ2v) is 6.08. The Balaban J connectivity index is 1.82. The summed E-state index contributed by atoms with van der Waals surface area (Å²) in [7, 11) is 0. The first-order valence-corrected chi connectivity index (χ1v) is 7.65. The van der Waals surface area contributed by atoms with Crippen LogP contribution in [-0.2, 0) is 0 Å². The molecule has 2 rings (SSSR count). The summed E-state index contributed by atoms with van der Waals surface area (Å²) in [4.78, 5) is 0. The van der Waals surface area contributed by atoms with E-state index in [1.807, 2.05) is 0 Å². The SMILES string of the molecule is CCC1CCCC(C(O)CC2=CCCCC2)C1. The molecule has 1 N–H and O–H groups in total. The first kappa shape index (κ1) is 13.1. The molecule has 0 aromatic rings. The second kappa shape index (κ2) is 6.58. The van der Waals surface area contributed by atoms with Crippen molar-refractivity contribution in [2.24, 2.45) is 11.8 Å². The fraction of sp³-hybridized carbons (Fsp3) is 0.875. The predicted octanol–water partition coefficient (Wildman–Crippen LogP) is 4.45. The van der Waals surface area contributed by atoms with Gasteiger partial charge in [0.05, 0.1) is 6.10 Å². The highest BCUT2D eigenvalue weighted by Crippen LogP contribution is 2.35. The lowest BCUT2D eigenvalue weighted by Gasteiger charge is -2.32. The highest BCUT2D eigenvalue weighted by atomic mass is 16.3. The van der Waals surface area contributed by atoms with Crippen LogP contribution in [0.1, 0.15) is 71.1 Å². The van der Waals surface area contributed by atoms with E-state index in [4.69, 9.17) is 0 Å². The Morgan fingerprint density at radius 1 is 1.29 bits per heavy atom. The fourth-order valence-corrected chi connectivity index (χ4v) is 3.58. The van der Waals surface area contributed by atoms with Crippen molar-refractivity contribution in [1.82, 2.24) is 0 Å². The van der Waals surface area contributed by atoms with Crippen molar-refractivity contribution in [3.8, 4) is 0 Å². The first-order chi connectivity index (χ1) is 8.29. The van der Waals surface area contributed by atoms with Gasteiger partial charge in [0.2, 0.25) is 0 Å². The lowest BCUT2D eigenvalue weighted by Crippen LogP contribution is -2.27. The monoisotopic (exact) mass is 236 g/mol. The third kappa shape index (κ3) is 3.84. The third-order valence-corrected chi connectivity index (χ3v) is 4.80. The van der Waals surface area contributed by atoms with E-state index in [0.29, 0.717) is 5.92 Å². The van der Waals surface area contributed by atoms with E-state index in [0.717, 1.165) is 12.3 Å².